The van der Waals surface area contributed by atoms with Crippen LogP contribution in [-0.2, 0) is 4.79 Å². The Morgan fingerprint density at radius 3 is 2.68 bits per heavy atom. The Kier molecular flexibility index (Phi) is 4.94. The van der Waals surface area contributed by atoms with Gasteiger partial charge in [0.1, 0.15) is 11.5 Å². The van der Waals surface area contributed by atoms with E-state index in [1.807, 2.05) is 49.4 Å². The zero-order valence-electron chi connectivity index (χ0n) is 13.9. The fourth-order valence-corrected chi connectivity index (χ4v) is 2.21. The molecule has 0 unspecified atom stereocenters. The zero-order chi connectivity index (χ0) is 17.6. The van der Waals surface area contributed by atoms with E-state index in [2.05, 4.69) is 20.5 Å². The highest BCUT2D eigenvalue weighted by molar-refractivity contribution is 5.90. The zero-order valence-corrected chi connectivity index (χ0v) is 13.9. The van der Waals surface area contributed by atoms with Crippen molar-refractivity contribution in [3.63, 3.8) is 0 Å². The summed E-state index contributed by atoms with van der Waals surface area (Å²) in [7, 11) is 1.61. The molecule has 1 heterocycles. The largest absolute Gasteiger partial charge is 0.497 e. The Morgan fingerprint density at radius 1 is 1.16 bits per heavy atom. The van der Waals surface area contributed by atoms with Gasteiger partial charge in [-0.1, -0.05) is 12.1 Å². The first-order chi connectivity index (χ1) is 12.1. The van der Waals surface area contributed by atoms with Crippen LogP contribution >= 0.6 is 0 Å². The van der Waals surface area contributed by atoms with E-state index in [-0.39, 0.29) is 18.5 Å². The summed E-state index contributed by atoms with van der Waals surface area (Å²) in [5, 5.41) is 9.38. The number of amides is 1. The van der Waals surface area contributed by atoms with Gasteiger partial charge in [0.2, 0.25) is 5.95 Å². The smallest absolute Gasteiger partial charge is 0.264 e. The highest BCUT2D eigenvalue weighted by atomic mass is 16.5. The Balaban J connectivity index is 1.57. The van der Waals surface area contributed by atoms with Crippen molar-refractivity contribution < 1.29 is 14.3 Å². The second-order valence-electron chi connectivity index (χ2n) is 5.39. The summed E-state index contributed by atoms with van der Waals surface area (Å²) < 4.78 is 10.6. The number of benzene rings is 2. The van der Waals surface area contributed by atoms with Gasteiger partial charge in [0.15, 0.2) is 12.4 Å². The molecule has 0 saturated carbocycles. The van der Waals surface area contributed by atoms with Crippen molar-refractivity contribution in [1.82, 2.24) is 15.2 Å². The Labute approximate surface area is 145 Å². The molecule has 1 amide bonds. The third-order valence-electron chi connectivity index (χ3n) is 3.46. The van der Waals surface area contributed by atoms with Gasteiger partial charge in [-0.15, -0.1) is 5.10 Å². The number of aryl methyl sites for hydroxylation is 1. The van der Waals surface area contributed by atoms with Crippen LogP contribution in [0, 0.1) is 6.92 Å². The van der Waals surface area contributed by atoms with E-state index in [1.54, 1.807) is 13.2 Å². The van der Waals surface area contributed by atoms with Crippen LogP contribution in [0.5, 0.6) is 11.5 Å². The van der Waals surface area contributed by atoms with Gasteiger partial charge >= 0.3 is 0 Å². The number of carbonyl (C=O) groups excluding carboxylic acids is 1. The van der Waals surface area contributed by atoms with Gasteiger partial charge in [0.05, 0.1) is 7.11 Å². The summed E-state index contributed by atoms with van der Waals surface area (Å²) in [6.45, 7) is 1.84. The van der Waals surface area contributed by atoms with Crippen LogP contribution in [0.2, 0.25) is 0 Å². The van der Waals surface area contributed by atoms with Crippen LogP contribution < -0.4 is 14.8 Å². The van der Waals surface area contributed by atoms with Gasteiger partial charge in [-0.2, -0.15) is 4.98 Å². The van der Waals surface area contributed by atoms with E-state index in [4.69, 9.17) is 9.47 Å². The predicted octanol–water partition coefficient (Wildman–Crippen LogP) is 2.81. The number of carbonyl (C=O) groups is 1. The Morgan fingerprint density at radius 2 is 1.96 bits per heavy atom. The molecule has 2 N–H and O–H groups in total. The molecule has 2 aromatic carbocycles. The molecule has 7 nitrogen and oxygen atoms in total. The minimum absolute atomic E-state index is 0.115. The van der Waals surface area contributed by atoms with Crippen LogP contribution in [0.15, 0.2) is 48.5 Å². The van der Waals surface area contributed by atoms with Crippen molar-refractivity contribution in [1.29, 1.82) is 0 Å². The molecule has 0 radical (unpaired) electrons. The van der Waals surface area contributed by atoms with Gasteiger partial charge in [-0.3, -0.25) is 15.2 Å². The molecule has 128 valence electrons. The lowest BCUT2D eigenvalue weighted by molar-refractivity contribution is -0.118. The van der Waals surface area contributed by atoms with Gasteiger partial charge < -0.3 is 9.47 Å². The van der Waals surface area contributed by atoms with Crippen LogP contribution in [0.3, 0.4) is 0 Å². The molecule has 1 aromatic heterocycles. The number of hydrogen-bond acceptors (Lipinski definition) is 5. The lowest BCUT2D eigenvalue weighted by atomic mass is 10.2. The second-order valence-corrected chi connectivity index (χ2v) is 5.39. The standard InChI is InChI=1S/C18H18N4O3/c1-12-4-3-5-15(10-12)25-11-16(23)19-18-20-17(21-22-18)13-6-8-14(24-2)9-7-13/h3-10H,11H2,1-2H3,(H2,19,20,21,22,23). The number of H-pyrrole nitrogens is 1. The molecule has 25 heavy (non-hydrogen) atoms. The molecule has 0 bridgehead atoms. The van der Waals surface area contributed by atoms with E-state index in [9.17, 15) is 4.79 Å². The molecule has 0 fully saturated rings. The number of aromatic nitrogens is 3. The Bertz CT molecular complexity index is 859. The first-order valence-electron chi connectivity index (χ1n) is 7.70. The Hall–Kier alpha value is -3.35. The van der Waals surface area contributed by atoms with Crippen LogP contribution in [0.4, 0.5) is 5.95 Å². The molecular formula is C18H18N4O3. The van der Waals surface area contributed by atoms with E-state index >= 15 is 0 Å². The second kappa shape index (κ2) is 7.48. The SMILES string of the molecule is COc1ccc(-c2nc(NC(=O)COc3cccc(C)c3)n[nH]2)cc1. The maximum absolute atomic E-state index is 12.0. The summed E-state index contributed by atoms with van der Waals surface area (Å²) in [5.74, 6) is 1.82. The predicted molar refractivity (Wildman–Crippen MR) is 93.7 cm³/mol. The summed E-state index contributed by atoms with van der Waals surface area (Å²) >= 11 is 0. The highest BCUT2D eigenvalue weighted by Gasteiger charge is 2.10. The van der Waals surface area contributed by atoms with E-state index in [1.165, 1.54) is 0 Å². The normalized spacial score (nSPS) is 10.3. The van der Waals surface area contributed by atoms with Crippen molar-refractivity contribution >= 4 is 11.9 Å². The number of aromatic amines is 1. The molecule has 0 atom stereocenters. The average molecular weight is 338 g/mol. The molecule has 0 aliphatic heterocycles. The maximum Gasteiger partial charge on any atom is 0.264 e. The van der Waals surface area contributed by atoms with Crippen molar-refractivity contribution in [2.24, 2.45) is 0 Å². The molecule has 7 heteroatoms. The minimum atomic E-state index is -0.332. The first-order valence-corrected chi connectivity index (χ1v) is 7.70. The maximum atomic E-state index is 12.0. The molecule has 3 rings (SSSR count). The number of nitrogens with one attached hydrogen (secondary N) is 2. The molecule has 0 aliphatic carbocycles. The van der Waals surface area contributed by atoms with Gasteiger partial charge in [-0.25, -0.2) is 0 Å². The van der Waals surface area contributed by atoms with Gasteiger partial charge in [0.25, 0.3) is 5.91 Å². The van der Waals surface area contributed by atoms with Crippen molar-refractivity contribution in [3.8, 4) is 22.9 Å². The number of nitrogens with zero attached hydrogens (tertiary/aromatic N) is 2. The topological polar surface area (TPSA) is 89.1 Å². The lowest BCUT2D eigenvalue weighted by Crippen LogP contribution is -2.20. The number of ether oxygens (including phenoxy) is 2. The average Bonchev–Trinajstić information content (AvgIpc) is 3.08. The van der Waals surface area contributed by atoms with E-state index in [0.29, 0.717) is 11.6 Å². The third-order valence-corrected chi connectivity index (χ3v) is 3.46. The summed E-state index contributed by atoms with van der Waals surface area (Å²) in [4.78, 5) is 16.2. The van der Waals surface area contributed by atoms with Gasteiger partial charge in [0, 0.05) is 5.56 Å². The van der Waals surface area contributed by atoms with Gasteiger partial charge in [-0.05, 0) is 48.9 Å². The number of anilines is 1. The third kappa shape index (κ3) is 4.35. The minimum Gasteiger partial charge on any atom is -0.497 e. The fraction of sp³-hybridized carbons (Fsp3) is 0.167. The number of methoxy groups -OCH3 is 1. The van der Waals surface area contributed by atoms with Crippen LogP contribution in [0.1, 0.15) is 5.56 Å². The molecular weight excluding hydrogens is 320 g/mol. The summed E-state index contributed by atoms with van der Waals surface area (Å²) in [6.07, 6.45) is 0. The highest BCUT2D eigenvalue weighted by Crippen LogP contribution is 2.19. The summed E-state index contributed by atoms with van der Waals surface area (Å²) in [5.41, 5.74) is 1.90. The number of hydrogen-bond donors (Lipinski definition) is 2. The molecule has 0 aliphatic rings. The first kappa shape index (κ1) is 16.5. The molecule has 3 aromatic rings. The quantitative estimate of drug-likeness (QED) is 0.721. The van der Waals surface area contributed by atoms with Crippen molar-refractivity contribution in [2.45, 2.75) is 6.92 Å². The van der Waals surface area contributed by atoms with E-state index in [0.717, 1.165) is 16.9 Å². The van der Waals surface area contributed by atoms with Crippen molar-refractivity contribution in [3.05, 3.63) is 54.1 Å². The molecule has 0 spiro atoms. The monoisotopic (exact) mass is 338 g/mol. The fourth-order valence-electron chi connectivity index (χ4n) is 2.21. The summed E-state index contributed by atoms with van der Waals surface area (Å²) in [6, 6.07) is 14.9. The van der Waals surface area contributed by atoms with Crippen LogP contribution in [0.25, 0.3) is 11.4 Å². The van der Waals surface area contributed by atoms with Crippen molar-refractivity contribution in [2.75, 3.05) is 19.0 Å². The lowest BCUT2D eigenvalue weighted by Gasteiger charge is -2.05. The van der Waals surface area contributed by atoms with Crippen LogP contribution in [-0.4, -0.2) is 34.8 Å². The van der Waals surface area contributed by atoms with E-state index < -0.39 is 0 Å². The molecule has 0 saturated heterocycles. The number of rotatable bonds is 6.